The smallest absolute Gasteiger partial charge is 0.323 e. The molecule has 5 atom stereocenters. The third-order valence-electron chi connectivity index (χ3n) is 8.73. The predicted molar refractivity (Wildman–Crippen MR) is 149 cm³/mol. The first kappa shape index (κ1) is 29.7. The first-order chi connectivity index (χ1) is 18.1. The molecule has 4 rings (SSSR count). The van der Waals surface area contributed by atoms with Crippen LogP contribution < -0.4 is 0 Å². The van der Waals surface area contributed by atoms with Crippen LogP contribution in [0.4, 0.5) is 0 Å². The number of carbonyl (C=O) groups is 3. The summed E-state index contributed by atoms with van der Waals surface area (Å²) in [5, 5.41) is -0.856. The number of carbonyl (C=O) groups excluding carboxylic acids is 3. The molecule has 1 aromatic carbocycles. The molecule has 10 heteroatoms. The van der Waals surface area contributed by atoms with Crippen molar-refractivity contribution in [3.8, 4) is 0 Å². The standard InChI is InChI=1S/C29H40O8SSi/c1-9-34-25(31)28(26(32)35-10-2)16-20-23(38(33)19-13-11-18(3)12-14-19)21-15-22(24(30)29(20,17-28)36-21)37-39(7,8)27(4,5)6/h11-15,20-21,23H,9-10,16-17H2,1-8H3/t20-,21-,23-,29-,38?/m1/s1. The molecule has 1 unspecified atom stereocenters. The van der Waals surface area contributed by atoms with E-state index in [0.717, 1.165) is 5.56 Å². The molecule has 2 bridgehead atoms. The second-order valence-electron chi connectivity index (χ2n) is 12.3. The molecule has 1 aliphatic carbocycles. The minimum absolute atomic E-state index is 0.0591. The van der Waals surface area contributed by atoms with E-state index in [1.54, 1.807) is 32.1 Å². The maximum Gasteiger partial charge on any atom is 0.323 e. The molecule has 2 aliphatic heterocycles. The van der Waals surface area contributed by atoms with Crippen molar-refractivity contribution in [2.45, 2.75) is 94.4 Å². The molecule has 3 aliphatic rings. The van der Waals surface area contributed by atoms with Gasteiger partial charge < -0.3 is 18.6 Å². The van der Waals surface area contributed by atoms with Gasteiger partial charge in [-0.1, -0.05) is 38.5 Å². The van der Waals surface area contributed by atoms with Crippen LogP contribution in [0, 0.1) is 18.3 Å². The number of fused-ring (bicyclic) bond motifs is 1. The summed E-state index contributed by atoms with van der Waals surface area (Å²) in [7, 11) is -4.04. The summed E-state index contributed by atoms with van der Waals surface area (Å²) in [5.74, 6) is -2.42. The van der Waals surface area contributed by atoms with Crippen LogP contribution >= 0.6 is 0 Å². The van der Waals surface area contributed by atoms with Crippen molar-refractivity contribution in [1.82, 2.24) is 0 Å². The zero-order valence-corrected chi connectivity index (χ0v) is 25.9. The Kier molecular flexibility index (Phi) is 7.81. The lowest BCUT2D eigenvalue weighted by Gasteiger charge is -2.40. The third-order valence-corrected chi connectivity index (χ3v) is 14.9. The van der Waals surface area contributed by atoms with Crippen LogP contribution in [0.5, 0.6) is 0 Å². The third kappa shape index (κ3) is 4.82. The molecular formula is C29H40O8SSi. The second-order valence-corrected chi connectivity index (χ2v) is 18.6. The molecule has 39 heavy (non-hydrogen) atoms. The van der Waals surface area contributed by atoms with Crippen LogP contribution in [-0.4, -0.2) is 60.4 Å². The summed E-state index contributed by atoms with van der Waals surface area (Å²) < 4.78 is 37.8. The van der Waals surface area contributed by atoms with Crippen LogP contribution in [0.3, 0.4) is 0 Å². The zero-order chi connectivity index (χ0) is 29.0. The van der Waals surface area contributed by atoms with Gasteiger partial charge in [0.15, 0.2) is 5.41 Å². The van der Waals surface area contributed by atoms with Crippen molar-refractivity contribution in [3.05, 3.63) is 41.7 Å². The van der Waals surface area contributed by atoms with Gasteiger partial charge in [-0.05, 0) is 63.5 Å². The van der Waals surface area contributed by atoms with Gasteiger partial charge in [-0.2, -0.15) is 0 Å². The Morgan fingerprint density at radius 3 is 2.15 bits per heavy atom. The Labute approximate surface area is 234 Å². The molecule has 2 fully saturated rings. The fourth-order valence-electron chi connectivity index (χ4n) is 5.65. The van der Waals surface area contributed by atoms with Gasteiger partial charge >= 0.3 is 11.9 Å². The van der Waals surface area contributed by atoms with E-state index in [-0.39, 0.29) is 36.9 Å². The highest BCUT2D eigenvalue weighted by molar-refractivity contribution is 7.85. The molecule has 1 saturated heterocycles. The van der Waals surface area contributed by atoms with Crippen molar-refractivity contribution < 1.29 is 37.2 Å². The van der Waals surface area contributed by atoms with Crippen molar-refractivity contribution in [1.29, 1.82) is 0 Å². The average molecular weight is 577 g/mol. The maximum absolute atomic E-state index is 14.3. The van der Waals surface area contributed by atoms with Gasteiger partial charge in [-0.15, -0.1) is 0 Å². The molecule has 1 saturated carbocycles. The summed E-state index contributed by atoms with van der Waals surface area (Å²) in [5.41, 5.74) is -2.27. The summed E-state index contributed by atoms with van der Waals surface area (Å²) in [6.45, 7) is 15.7. The molecule has 0 radical (unpaired) electrons. The number of hydrogen-bond acceptors (Lipinski definition) is 8. The van der Waals surface area contributed by atoms with Gasteiger partial charge in [0.25, 0.3) is 8.32 Å². The van der Waals surface area contributed by atoms with E-state index in [1.807, 2.05) is 32.2 Å². The van der Waals surface area contributed by atoms with Crippen LogP contribution in [0.25, 0.3) is 0 Å². The van der Waals surface area contributed by atoms with Gasteiger partial charge in [0.05, 0.1) is 35.4 Å². The Morgan fingerprint density at radius 2 is 1.64 bits per heavy atom. The van der Waals surface area contributed by atoms with Crippen LogP contribution in [0.1, 0.15) is 53.0 Å². The second kappa shape index (κ2) is 10.3. The lowest BCUT2D eigenvalue weighted by molar-refractivity contribution is -0.174. The molecule has 2 heterocycles. The number of hydrogen-bond donors (Lipinski definition) is 0. The zero-order valence-electron chi connectivity index (χ0n) is 24.1. The maximum atomic E-state index is 14.3. The number of esters is 2. The Bertz CT molecular complexity index is 1200. The Hall–Kier alpha value is -2.30. The minimum atomic E-state index is -2.44. The summed E-state index contributed by atoms with van der Waals surface area (Å²) in [6.07, 6.45) is 0.685. The lowest BCUT2D eigenvalue weighted by atomic mass is 9.82. The normalized spacial score (nSPS) is 28.4. The van der Waals surface area contributed by atoms with Crippen molar-refractivity contribution in [2.24, 2.45) is 11.3 Å². The number of aryl methyl sites for hydroxylation is 1. The number of ether oxygens (including phenoxy) is 3. The van der Waals surface area contributed by atoms with Crippen molar-refractivity contribution in [2.75, 3.05) is 13.2 Å². The first-order valence-electron chi connectivity index (χ1n) is 13.6. The molecule has 8 nitrogen and oxygen atoms in total. The predicted octanol–water partition coefficient (Wildman–Crippen LogP) is 4.62. The van der Waals surface area contributed by atoms with E-state index >= 15 is 0 Å². The molecule has 0 amide bonds. The monoisotopic (exact) mass is 576 g/mol. The highest BCUT2D eigenvalue weighted by Crippen LogP contribution is 2.61. The van der Waals surface area contributed by atoms with Gasteiger partial charge in [0.2, 0.25) is 5.78 Å². The molecular weight excluding hydrogens is 536 g/mol. The number of rotatable bonds is 8. The van der Waals surface area contributed by atoms with E-state index in [1.165, 1.54) is 0 Å². The lowest BCUT2D eigenvalue weighted by Crippen LogP contribution is -2.50. The van der Waals surface area contributed by atoms with Gasteiger partial charge in [0.1, 0.15) is 11.4 Å². The number of ketones is 1. The fraction of sp³-hybridized carbons (Fsp3) is 0.621. The van der Waals surface area contributed by atoms with E-state index in [4.69, 9.17) is 18.6 Å². The highest BCUT2D eigenvalue weighted by Gasteiger charge is 2.75. The molecule has 1 spiro atoms. The molecule has 214 valence electrons. The minimum Gasteiger partial charge on any atom is -0.541 e. The average Bonchev–Trinajstić information content (AvgIpc) is 3.31. The number of Topliss-reactive ketones (excluding diaryl/α,β-unsaturated/α-hetero) is 1. The SMILES string of the molecule is CCOC(=O)C1(C(=O)OCC)C[C@@H]2[C@@H](S(=O)c3ccc(C)cc3)[C@H]3C=C(O[Si](C)(C)C(C)(C)C)C(=O)[C@]2(C1)O3. The Balaban J connectivity index is 1.85. The van der Waals surface area contributed by atoms with E-state index < -0.39 is 65.1 Å². The van der Waals surface area contributed by atoms with Crippen LogP contribution in [-0.2, 0) is 43.8 Å². The molecule has 1 aromatic rings. The van der Waals surface area contributed by atoms with Gasteiger partial charge in [0, 0.05) is 17.2 Å². The van der Waals surface area contributed by atoms with Crippen molar-refractivity contribution >= 4 is 36.8 Å². The highest BCUT2D eigenvalue weighted by atomic mass is 32.2. The Morgan fingerprint density at radius 1 is 1.08 bits per heavy atom. The van der Waals surface area contributed by atoms with Gasteiger partial charge in [-0.3, -0.25) is 18.6 Å². The summed E-state index contributed by atoms with van der Waals surface area (Å²) in [6, 6.07) is 7.37. The largest absolute Gasteiger partial charge is 0.541 e. The fourth-order valence-corrected chi connectivity index (χ4v) is 8.37. The topological polar surface area (TPSA) is 105 Å². The van der Waals surface area contributed by atoms with E-state index in [0.29, 0.717) is 4.90 Å². The summed E-state index contributed by atoms with van der Waals surface area (Å²) >= 11 is 0. The van der Waals surface area contributed by atoms with Crippen molar-refractivity contribution in [3.63, 3.8) is 0 Å². The quantitative estimate of drug-likeness (QED) is 0.251. The van der Waals surface area contributed by atoms with Gasteiger partial charge in [-0.25, -0.2) is 0 Å². The summed E-state index contributed by atoms with van der Waals surface area (Å²) in [4.78, 5) is 41.7. The molecule has 0 aromatic heterocycles. The van der Waals surface area contributed by atoms with E-state index in [9.17, 15) is 18.6 Å². The van der Waals surface area contributed by atoms with Crippen LogP contribution in [0.2, 0.25) is 18.1 Å². The molecule has 0 N–H and O–H groups in total. The van der Waals surface area contributed by atoms with Crippen LogP contribution in [0.15, 0.2) is 41.0 Å². The number of benzene rings is 1. The first-order valence-corrected chi connectivity index (χ1v) is 17.7. The van der Waals surface area contributed by atoms with E-state index in [2.05, 4.69) is 20.8 Å².